The third kappa shape index (κ3) is 4.00. The summed E-state index contributed by atoms with van der Waals surface area (Å²) in [4.78, 5) is 24.9. The number of benzene rings is 1. The second-order valence-electron chi connectivity index (χ2n) is 7.33. The third-order valence-corrected chi connectivity index (χ3v) is 5.17. The van der Waals surface area contributed by atoms with Crippen LogP contribution in [0.1, 0.15) is 11.4 Å². The van der Waals surface area contributed by atoms with Gasteiger partial charge < -0.3 is 10.6 Å². The number of anilines is 2. The highest BCUT2D eigenvalue weighted by molar-refractivity contribution is 5.92. The number of likely N-dealkylation sites (tertiary alicyclic amines) is 1. The Morgan fingerprint density at radius 1 is 1.16 bits per heavy atom. The zero-order valence-corrected chi connectivity index (χ0v) is 16.5. The topological polar surface area (TPSA) is 97.0 Å². The number of nitrogens with one attached hydrogen (secondary N) is 1. The highest BCUT2D eigenvalue weighted by Gasteiger charge is 2.51. The second kappa shape index (κ2) is 7.86. The van der Waals surface area contributed by atoms with Crippen molar-refractivity contribution >= 4 is 17.5 Å². The molecule has 10 heteroatoms. The molecule has 1 saturated heterocycles. The number of aromatic nitrogens is 3. The van der Waals surface area contributed by atoms with Crippen LogP contribution in [0.15, 0.2) is 48.8 Å². The number of nitrogens with zero attached hydrogens (tertiary/aromatic N) is 4. The van der Waals surface area contributed by atoms with E-state index in [0.29, 0.717) is 18.1 Å². The summed E-state index contributed by atoms with van der Waals surface area (Å²) in [6.07, 6.45) is 1.38. The maximum atomic E-state index is 14.5. The van der Waals surface area contributed by atoms with E-state index in [9.17, 15) is 18.0 Å². The van der Waals surface area contributed by atoms with E-state index in [0.717, 1.165) is 11.1 Å². The maximum absolute atomic E-state index is 14.5. The van der Waals surface area contributed by atoms with Crippen LogP contribution in [0.5, 0.6) is 0 Å². The molecule has 160 valence electrons. The van der Waals surface area contributed by atoms with Crippen LogP contribution >= 0.6 is 0 Å². The Kier molecular flexibility index (Phi) is 5.22. The molecular formula is C21H19F3N6O. The number of hydrogen-bond acceptors (Lipinski definition) is 5. The van der Waals surface area contributed by atoms with Gasteiger partial charge in [-0.05, 0) is 24.6 Å². The molecule has 3 heterocycles. The smallest absolute Gasteiger partial charge is 0.323 e. The lowest BCUT2D eigenvalue weighted by molar-refractivity contribution is -0.117. The van der Waals surface area contributed by atoms with Crippen molar-refractivity contribution in [2.75, 3.05) is 24.1 Å². The van der Waals surface area contributed by atoms with Crippen molar-refractivity contribution in [2.24, 2.45) is 5.92 Å². The number of nitrogen functional groups attached to an aromatic ring is 1. The fraction of sp³-hybridized carbons (Fsp3) is 0.238. The van der Waals surface area contributed by atoms with Crippen LogP contribution in [0.3, 0.4) is 0 Å². The molecule has 0 atom stereocenters. The molecule has 3 aromatic rings. The van der Waals surface area contributed by atoms with Gasteiger partial charge in [0.05, 0.1) is 29.7 Å². The molecule has 0 saturated carbocycles. The van der Waals surface area contributed by atoms with Crippen molar-refractivity contribution in [1.29, 1.82) is 0 Å². The Morgan fingerprint density at radius 3 is 2.52 bits per heavy atom. The summed E-state index contributed by atoms with van der Waals surface area (Å²) >= 11 is 0. The van der Waals surface area contributed by atoms with Gasteiger partial charge in [0.1, 0.15) is 0 Å². The molecule has 0 aliphatic carbocycles. The minimum atomic E-state index is -3.38. The van der Waals surface area contributed by atoms with Gasteiger partial charge in [-0.2, -0.15) is 8.78 Å². The molecule has 31 heavy (non-hydrogen) atoms. The Balaban J connectivity index is 1.44. The van der Waals surface area contributed by atoms with E-state index in [4.69, 9.17) is 5.73 Å². The van der Waals surface area contributed by atoms with Crippen molar-refractivity contribution < 1.29 is 18.0 Å². The van der Waals surface area contributed by atoms with Crippen LogP contribution in [-0.4, -0.2) is 39.0 Å². The Bertz CT molecular complexity index is 1120. The summed E-state index contributed by atoms with van der Waals surface area (Å²) in [6, 6.07) is 10.4. The van der Waals surface area contributed by atoms with Gasteiger partial charge in [-0.15, -0.1) is 0 Å². The lowest BCUT2D eigenvalue weighted by Gasteiger charge is -2.42. The Morgan fingerprint density at radius 2 is 1.84 bits per heavy atom. The number of carbonyl (C=O) groups is 1. The summed E-state index contributed by atoms with van der Waals surface area (Å²) in [5, 5.41) is 2.59. The van der Waals surface area contributed by atoms with Crippen molar-refractivity contribution in [1.82, 2.24) is 19.9 Å². The highest BCUT2D eigenvalue weighted by atomic mass is 19.3. The molecule has 7 nitrogen and oxygen atoms in total. The summed E-state index contributed by atoms with van der Waals surface area (Å²) < 4.78 is 41.9. The van der Waals surface area contributed by atoms with Crippen molar-refractivity contribution in [3.8, 4) is 11.3 Å². The molecule has 2 aromatic heterocycles. The first-order valence-corrected chi connectivity index (χ1v) is 9.50. The van der Waals surface area contributed by atoms with E-state index in [2.05, 4.69) is 20.3 Å². The SMILES string of the molecule is Cc1ccccc1-c1ccc(N)c(NC(=O)N2CC(C(F)(F)c3ncc(F)cn3)C2)n1. The first-order chi connectivity index (χ1) is 14.8. The highest BCUT2D eigenvalue weighted by Crippen LogP contribution is 2.39. The predicted molar refractivity (Wildman–Crippen MR) is 109 cm³/mol. The van der Waals surface area contributed by atoms with Gasteiger partial charge in [0, 0.05) is 18.7 Å². The summed E-state index contributed by atoms with van der Waals surface area (Å²) in [5.74, 6) is -5.97. The van der Waals surface area contributed by atoms with E-state index < -0.39 is 29.5 Å². The Labute approximate surface area is 176 Å². The molecule has 4 rings (SSSR count). The fourth-order valence-corrected chi connectivity index (χ4v) is 3.30. The van der Waals surface area contributed by atoms with Gasteiger partial charge in [-0.1, -0.05) is 24.3 Å². The molecule has 0 bridgehead atoms. The Hall–Kier alpha value is -3.69. The molecule has 0 radical (unpaired) electrons. The standard InChI is InChI=1S/C21H19F3N6O/c1-12-4-2-3-5-15(12)17-7-6-16(25)18(28-17)29-20(31)30-10-13(11-30)21(23,24)19-26-8-14(22)9-27-19/h2-9,13H,10-11,25H2,1H3,(H,28,29,31). The fourth-order valence-electron chi connectivity index (χ4n) is 3.30. The van der Waals surface area contributed by atoms with Gasteiger partial charge in [0.15, 0.2) is 17.5 Å². The first kappa shape index (κ1) is 20.6. The number of amides is 2. The van der Waals surface area contributed by atoms with Gasteiger partial charge in [-0.3, -0.25) is 5.32 Å². The summed E-state index contributed by atoms with van der Waals surface area (Å²) in [6.45, 7) is 1.52. The number of rotatable bonds is 4. The number of pyridine rings is 1. The molecule has 0 spiro atoms. The molecule has 1 aliphatic heterocycles. The van der Waals surface area contributed by atoms with Crippen LogP contribution in [0, 0.1) is 18.7 Å². The summed E-state index contributed by atoms with van der Waals surface area (Å²) in [7, 11) is 0. The average molecular weight is 428 g/mol. The normalized spacial score (nSPS) is 14.3. The predicted octanol–water partition coefficient (Wildman–Crippen LogP) is 3.82. The molecule has 1 aliphatic rings. The molecule has 2 amide bonds. The lowest BCUT2D eigenvalue weighted by atomic mass is 9.92. The van der Waals surface area contributed by atoms with Crippen molar-refractivity contribution in [3.63, 3.8) is 0 Å². The number of aryl methyl sites for hydroxylation is 1. The van der Waals surface area contributed by atoms with Gasteiger partial charge in [0.2, 0.25) is 0 Å². The van der Waals surface area contributed by atoms with Gasteiger partial charge in [0.25, 0.3) is 0 Å². The largest absolute Gasteiger partial charge is 0.396 e. The van der Waals surface area contributed by atoms with E-state index in [1.54, 1.807) is 12.1 Å². The zero-order valence-electron chi connectivity index (χ0n) is 16.5. The molecule has 3 N–H and O–H groups in total. The third-order valence-electron chi connectivity index (χ3n) is 5.17. The number of halogens is 3. The minimum absolute atomic E-state index is 0.155. The van der Waals surface area contributed by atoms with Gasteiger partial charge >= 0.3 is 12.0 Å². The van der Waals surface area contributed by atoms with E-state index in [1.807, 2.05) is 31.2 Å². The van der Waals surface area contributed by atoms with E-state index >= 15 is 0 Å². The number of carbonyl (C=O) groups excluding carboxylic acids is 1. The summed E-state index contributed by atoms with van der Waals surface area (Å²) in [5.41, 5.74) is 8.72. The number of hydrogen-bond donors (Lipinski definition) is 2. The van der Waals surface area contributed by atoms with Crippen LogP contribution in [0.4, 0.5) is 29.5 Å². The number of nitrogens with two attached hydrogens (primary N) is 1. The molecule has 1 aromatic carbocycles. The van der Waals surface area contributed by atoms with E-state index in [1.165, 1.54) is 4.90 Å². The number of urea groups is 1. The molecule has 0 unspecified atom stereocenters. The minimum Gasteiger partial charge on any atom is -0.396 e. The van der Waals surface area contributed by atoms with Crippen LogP contribution in [0.2, 0.25) is 0 Å². The van der Waals surface area contributed by atoms with Crippen molar-refractivity contribution in [2.45, 2.75) is 12.8 Å². The van der Waals surface area contributed by atoms with Crippen molar-refractivity contribution in [3.05, 3.63) is 66.0 Å². The van der Waals surface area contributed by atoms with Crippen LogP contribution < -0.4 is 11.1 Å². The maximum Gasteiger partial charge on any atom is 0.323 e. The first-order valence-electron chi connectivity index (χ1n) is 9.50. The molecule has 1 fully saturated rings. The second-order valence-corrected chi connectivity index (χ2v) is 7.33. The lowest BCUT2D eigenvalue weighted by Crippen LogP contribution is -2.57. The van der Waals surface area contributed by atoms with E-state index in [-0.39, 0.29) is 24.6 Å². The molecular weight excluding hydrogens is 409 g/mol. The monoisotopic (exact) mass is 428 g/mol. The number of alkyl halides is 2. The van der Waals surface area contributed by atoms with Gasteiger partial charge in [-0.25, -0.2) is 24.1 Å². The van der Waals surface area contributed by atoms with Crippen LogP contribution in [-0.2, 0) is 5.92 Å². The average Bonchev–Trinajstić information content (AvgIpc) is 2.69. The quantitative estimate of drug-likeness (QED) is 0.659. The zero-order chi connectivity index (χ0) is 22.2. The van der Waals surface area contributed by atoms with Crippen LogP contribution in [0.25, 0.3) is 11.3 Å².